The van der Waals surface area contributed by atoms with E-state index in [1.807, 2.05) is 32.0 Å². The second kappa shape index (κ2) is 4.98. The highest BCUT2D eigenvalue weighted by molar-refractivity contribution is 5.94. The molecule has 1 aromatic carbocycles. The Morgan fingerprint density at radius 2 is 2.00 bits per heavy atom. The molecule has 5 heteroatoms. The van der Waals surface area contributed by atoms with Gasteiger partial charge in [-0.15, -0.1) is 0 Å². The third-order valence-corrected chi connectivity index (χ3v) is 3.69. The van der Waals surface area contributed by atoms with Crippen LogP contribution in [0.4, 0.5) is 11.4 Å². The Hall–Kier alpha value is -1.75. The number of benzene rings is 1. The van der Waals surface area contributed by atoms with Crippen molar-refractivity contribution >= 4 is 17.3 Å². The van der Waals surface area contributed by atoms with Gasteiger partial charge in [0, 0.05) is 37.9 Å². The van der Waals surface area contributed by atoms with Crippen molar-refractivity contribution < 1.29 is 9.53 Å². The zero-order valence-corrected chi connectivity index (χ0v) is 12.0. The van der Waals surface area contributed by atoms with Crippen LogP contribution in [0.2, 0.25) is 0 Å². The van der Waals surface area contributed by atoms with Crippen LogP contribution >= 0.6 is 0 Å². The van der Waals surface area contributed by atoms with E-state index >= 15 is 0 Å². The van der Waals surface area contributed by atoms with Gasteiger partial charge < -0.3 is 20.3 Å². The minimum atomic E-state index is -0.475. The summed E-state index contributed by atoms with van der Waals surface area (Å²) in [6.07, 6.45) is 0.366. The molecule has 0 unspecified atom stereocenters. The minimum absolute atomic E-state index is 0.00340. The predicted molar refractivity (Wildman–Crippen MR) is 79.5 cm³/mol. The summed E-state index contributed by atoms with van der Waals surface area (Å²) in [6, 6.07) is 6.02. The lowest BCUT2D eigenvalue weighted by molar-refractivity contribution is -0.118. The fraction of sp³-hybridized carbons (Fsp3) is 0.533. The molecule has 0 bridgehead atoms. The van der Waals surface area contributed by atoms with Gasteiger partial charge in [0.1, 0.15) is 11.4 Å². The van der Waals surface area contributed by atoms with Crippen molar-refractivity contribution in [3.8, 4) is 5.75 Å². The molecule has 20 heavy (non-hydrogen) atoms. The van der Waals surface area contributed by atoms with Crippen molar-refractivity contribution in [3.05, 3.63) is 18.2 Å². The molecule has 1 fully saturated rings. The monoisotopic (exact) mass is 275 g/mol. The number of amides is 1. The number of piperazine rings is 1. The van der Waals surface area contributed by atoms with E-state index in [-0.39, 0.29) is 5.91 Å². The van der Waals surface area contributed by atoms with E-state index in [4.69, 9.17) is 4.74 Å². The van der Waals surface area contributed by atoms with Crippen LogP contribution in [0.3, 0.4) is 0 Å². The quantitative estimate of drug-likeness (QED) is 0.817. The second-order valence-electron chi connectivity index (χ2n) is 6.00. The molecular weight excluding hydrogens is 254 g/mol. The van der Waals surface area contributed by atoms with Crippen LogP contribution in [-0.2, 0) is 4.79 Å². The largest absolute Gasteiger partial charge is 0.485 e. The number of fused-ring (bicyclic) bond motifs is 1. The van der Waals surface area contributed by atoms with E-state index in [1.54, 1.807) is 0 Å². The van der Waals surface area contributed by atoms with Crippen molar-refractivity contribution in [1.82, 2.24) is 5.32 Å². The second-order valence-corrected chi connectivity index (χ2v) is 6.00. The highest BCUT2D eigenvalue weighted by atomic mass is 16.5. The highest BCUT2D eigenvalue weighted by Gasteiger charge is 2.29. The van der Waals surface area contributed by atoms with E-state index < -0.39 is 5.60 Å². The van der Waals surface area contributed by atoms with E-state index in [9.17, 15) is 4.79 Å². The summed E-state index contributed by atoms with van der Waals surface area (Å²) in [4.78, 5) is 14.2. The van der Waals surface area contributed by atoms with Crippen molar-refractivity contribution in [2.75, 3.05) is 36.4 Å². The maximum Gasteiger partial charge on any atom is 0.228 e. The van der Waals surface area contributed by atoms with Crippen LogP contribution in [0.15, 0.2) is 18.2 Å². The Kier molecular flexibility index (Phi) is 3.30. The summed E-state index contributed by atoms with van der Waals surface area (Å²) in [5.41, 5.74) is 1.44. The Balaban J connectivity index is 1.91. The van der Waals surface area contributed by atoms with Crippen LogP contribution in [0, 0.1) is 0 Å². The van der Waals surface area contributed by atoms with Crippen molar-refractivity contribution in [1.29, 1.82) is 0 Å². The van der Waals surface area contributed by atoms with Gasteiger partial charge in [0.25, 0.3) is 0 Å². The number of carbonyl (C=O) groups is 1. The highest BCUT2D eigenvalue weighted by Crippen LogP contribution is 2.36. The third-order valence-electron chi connectivity index (χ3n) is 3.69. The molecule has 1 aromatic rings. The van der Waals surface area contributed by atoms with Gasteiger partial charge in [-0.3, -0.25) is 4.79 Å². The minimum Gasteiger partial charge on any atom is -0.485 e. The molecule has 0 saturated carbocycles. The van der Waals surface area contributed by atoms with Gasteiger partial charge in [0.2, 0.25) is 5.91 Å². The van der Waals surface area contributed by atoms with Crippen molar-refractivity contribution in [2.45, 2.75) is 25.9 Å². The van der Waals surface area contributed by atoms with Crippen LogP contribution < -0.4 is 20.3 Å². The zero-order chi connectivity index (χ0) is 14.2. The standard InChI is InChI=1S/C15H21N3O2/c1-15(2)10-14(19)17-12-4-3-11(9-13(12)20-15)18-7-5-16-6-8-18/h3-4,9,16H,5-8,10H2,1-2H3,(H,17,19). The van der Waals surface area contributed by atoms with Crippen LogP contribution in [-0.4, -0.2) is 37.7 Å². The van der Waals surface area contributed by atoms with E-state index in [0.29, 0.717) is 6.42 Å². The number of anilines is 2. The van der Waals surface area contributed by atoms with Gasteiger partial charge in [0.05, 0.1) is 12.1 Å². The zero-order valence-electron chi connectivity index (χ0n) is 12.0. The molecule has 5 nitrogen and oxygen atoms in total. The van der Waals surface area contributed by atoms with Gasteiger partial charge in [-0.2, -0.15) is 0 Å². The summed E-state index contributed by atoms with van der Waals surface area (Å²) in [7, 11) is 0. The first-order valence-electron chi connectivity index (χ1n) is 7.12. The third kappa shape index (κ3) is 2.72. The maximum absolute atomic E-state index is 11.8. The summed E-state index contributed by atoms with van der Waals surface area (Å²) in [6.45, 7) is 7.88. The number of rotatable bonds is 1. The number of nitrogens with one attached hydrogen (secondary N) is 2. The molecule has 0 aliphatic carbocycles. The lowest BCUT2D eigenvalue weighted by atomic mass is 10.1. The lowest BCUT2D eigenvalue weighted by Gasteiger charge is -2.30. The SMILES string of the molecule is CC1(C)CC(=O)Nc2ccc(N3CCNCC3)cc2O1. The molecule has 0 aromatic heterocycles. The first kappa shape index (κ1) is 13.2. The molecule has 0 radical (unpaired) electrons. The normalized spacial score (nSPS) is 21.5. The van der Waals surface area contributed by atoms with Crippen molar-refractivity contribution in [2.24, 2.45) is 0 Å². The number of hydrogen-bond donors (Lipinski definition) is 2. The smallest absolute Gasteiger partial charge is 0.228 e. The summed E-state index contributed by atoms with van der Waals surface area (Å²) in [5.74, 6) is 0.764. The molecule has 2 aliphatic heterocycles. The van der Waals surface area contributed by atoms with Gasteiger partial charge in [0.15, 0.2) is 0 Å². The number of ether oxygens (including phenoxy) is 1. The average Bonchev–Trinajstić information content (AvgIpc) is 2.52. The number of nitrogens with zero attached hydrogens (tertiary/aromatic N) is 1. The first-order chi connectivity index (χ1) is 9.53. The molecule has 3 rings (SSSR count). The van der Waals surface area contributed by atoms with Crippen molar-refractivity contribution in [3.63, 3.8) is 0 Å². The first-order valence-corrected chi connectivity index (χ1v) is 7.12. The summed E-state index contributed by atoms with van der Waals surface area (Å²) in [5, 5.41) is 6.26. The fourth-order valence-corrected chi connectivity index (χ4v) is 2.73. The van der Waals surface area contributed by atoms with Gasteiger partial charge in [-0.25, -0.2) is 0 Å². The van der Waals surface area contributed by atoms with Crippen LogP contribution in [0.25, 0.3) is 0 Å². The molecule has 2 N–H and O–H groups in total. The number of hydrogen-bond acceptors (Lipinski definition) is 4. The molecule has 1 saturated heterocycles. The molecule has 0 atom stereocenters. The average molecular weight is 275 g/mol. The van der Waals surface area contributed by atoms with Crippen LogP contribution in [0.1, 0.15) is 20.3 Å². The molecule has 1 amide bonds. The van der Waals surface area contributed by atoms with E-state index in [2.05, 4.69) is 15.5 Å². The Bertz CT molecular complexity index is 522. The van der Waals surface area contributed by atoms with Gasteiger partial charge in [-0.1, -0.05) is 0 Å². The molecule has 108 valence electrons. The Labute approximate surface area is 119 Å². The summed E-state index contributed by atoms with van der Waals surface area (Å²) >= 11 is 0. The van der Waals surface area contributed by atoms with E-state index in [0.717, 1.165) is 43.3 Å². The number of carbonyl (C=O) groups excluding carboxylic acids is 1. The molecular formula is C15H21N3O2. The fourth-order valence-electron chi connectivity index (χ4n) is 2.73. The van der Waals surface area contributed by atoms with Gasteiger partial charge >= 0.3 is 0 Å². The summed E-state index contributed by atoms with van der Waals surface area (Å²) < 4.78 is 6.02. The molecule has 2 heterocycles. The van der Waals surface area contributed by atoms with E-state index in [1.165, 1.54) is 0 Å². The van der Waals surface area contributed by atoms with Crippen LogP contribution in [0.5, 0.6) is 5.75 Å². The predicted octanol–water partition coefficient (Wildman–Crippen LogP) is 1.60. The molecule has 0 spiro atoms. The lowest BCUT2D eigenvalue weighted by Crippen LogP contribution is -2.43. The molecule has 2 aliphatic rings. The topological polar surface area (TPSA) is 53.6 Å². The van der Waals surface area contributed by atoms with Gasteiger partial charge in [-0.05, 0) is 26.0 Å². The Morgan fingerprint density at radius 3 is 2.75 bits per heavy atom. The Morgan fingerprint density at radius 1 is 1.25 bits per heavy atom. The maximum atomic E-state index is 11.8.